The molecular weight excluding hydrogens is 302 g/mol. The highest BCUT2D eigenvalue weighted by Crippen LogP contribution is 2.29. The number of piperidine rings is 1. The van der Waals surface area contributed by atoms with Crippen LogP contribution in [-0.4, -0.2) is 56.3 Å². The summed E-state index contributed by atoms with van der Waals surface area (Å²) in [4.78, 5) is 29.9. The van der Waals surface area contributed by atoms with Crippen LogP contribution in [0.4, 0.5) is 0 Å². The summed E-state index contributed by atoms with van der Waals surface area (Å²) in [6, 6.07) is 6.28. The van der Waals surface area contributed by atoms with Gasteiger partial charge in [-0.2, -0.15) is 0 Å². The third-order valence-corrected chi connectivity index (χ3v) is 4.94. The Morgan fingerprint density at radius 3 is 2.83 bits per heavy atom. The van der Waals surface area contributed by atoms with E-state index in [1.165, 1.54) is 6.42 Å². The predicted octanol–water partition coefficient (Wildman–Crippen LogP) is 1.61. The number of amides is 1. The van der Waals surface area contributed by atoms with Crippen LogP contribution < -0.4 is 0 Å². The summed E-state index contributed by atoms with van der Waals surface area (Å²) in [7, 11) is 0. The summed E-state index contributed by atoms with van der Waals surface area (Å²) in [5, 5.41) is 0. The fourth-order valence-corrected chi connectivity index (χ4v) is 3.83. The molecule has 6 nitrogen and oxygen atoms in total. The Bertz CT molecular complexity index is 693. The molecule has 2 unspecified atom stereocenters. The summed E-state index contributed by atoms with van der Waals surface area (Å²) in [6.45, 7) is 3.59. The topological polar surface area (TPSA) is 62.2 Å². The van der Waals surface area contributed by atoms with Crippen molar-refractivity contribution in [3.8, 4) is 0 Å². The Labute approximate surface area is 141 Å². The molecule has 3 fully saturated rings. The van der Waals surface area contributed by atoms with Crippen LogP contribution in [0.2, 0.25) is 0 Å². The Morgan fingerprint density at radius 1 is 1.08 bits per heavy atom. The van der Waals surface area contributed by atoms with Crippen LogP contribution in [0.1, 0.15) is 29.0 Å². The lowest BCUT2D eigenvalue weighted by atomic mass is 9.95. The Hall–Kier alpha value is -2.34. The molecule has 0 aliphatic carbocycles. The van der Waals surface area contributed by atoms with Gasteiger partial charge in [-0.05, 0) is 30.9 Å². The standard InChI is InChI=1S/C18H21N5O/c24-18(17-9-19-7-8-21-17)23-11-14-4-5-16(23)13-22(10-14)12-15-3-1-2-6-20-15/h1-3,6-9,14,16H,4-5,10-13H2. The molecule has 1 amide bonds. The van der Waals surface area contributed by atoms with Crippen LogP contribution in [0.5, 0.6) is 0 Å². The summed E-state index contributed by atoms with van der Waals surface area (Å²) in [5.41, 5.74) is 1.53. The zero-order valence-electron chi connectivity index (χ0n) is 13.6. The van der Waals surface area contributed by atoms with Gasteiger partial charge in [0.25, 0.3) is 5.91 Å². The molecule has 2 bridgehead atoms. The van der Waals surface area contributed by atoms with Crippen LogP contribution in [0, 0.1) is 5.92 Å². The number of aromatic nitrogens is 3. The van der Waals surface area contributed by atoms with Gasteiger partial charge in [0.2, 0.25) is 0 Å². The molecule has 3 saturated heterocycles. The molecule has 5 heterocycles. The predicted molar refractivity (Wildman–Crippen MR) is 89.1 cm³/mol. The average Bonchev–Trinajstić information content (AvgIpc) is 2.93. The van der Waals surface area contributed by atoms with E-state index in [2.05, 4.69) is 25.9 Å². The van der Waals surface area contributed by atoms with E-state index < -0.39 is 0 Å². The van der Waals surface area contributed by atoms with Gasteiger partial charge in [-0.25, -0.2) is 4.98 Å². The van der Waals surface area contributed by atoms with Crippen molar-refractivity contribution in [1.29, 1.82) is 0 Å². The first-order valence-corrected chi connectivity index (χ1v) is 8.49. The van der Waals surface area contributed by atoms with E-state index in [4.69, 9.17) is 0 Å². The van der Waals surface area contributed by atoms with Crippen molar-refractivity contribution in [2.45, 2.75) is 25.4 Å². The van der Waals surface area contributed by atoms with Crippen molar-refractivity contribution < 1.29 is 4.79 Å². The van der Waals surface area contributed by atoms with Crippen molar-refractivity contribution in [2.75, 3.05) is 19.6 Å². The number of carbonyl (C=O) groups is 1. The molecule has 24 heavy (non-hydrogen) atoms. The number of rotatable bonds is 3. The number of nitrogens with zero attached hydrogens (tertiary/aromatic N) is 5. The van der Waals surface area contributed by atoms with E-state index in [0.29, 0.717) is 11.6 Å². The third-order valence-electron chi connectivity index (χ3n) is 4.94. The molecule has 3 aliphatic heterocycles. The monoisotopic (exact) mass is 323 g/mol. The molecule has 2 atom stereocenters. The van der Waals surface area contributed by atoms with Crippen LogP contribution in [-0.2, 0) is 6.54 Å². The van der Waals surface area contributed by atoms with Gasteiger partial charge in [0, 0.05) is 50.8 Å². The zero-order valence-corrected chi connectivity index (χ0v) is 13.6. The summed E-state index contributed by atoms with van der Waals surface area (Å²) in [6.07, 6.45) is 8.83. The molecule has 0 spiro atoms. The summed E-state index contributed by atoms with van der Waals surface area (Å²) >= 11 is 0. The quantitative estimate of drug-likeness (QED) is 0.859. The molecule has 2 aromatic rings. The van der Waals surface area contributed by atoms with Crippen LogP contribution in [0.15, 0.2) is 43.0 Å². The second kappa shape index (κ2) is 6.65. The fraction of sp³-hybridized carbons (Fsp3) is 0.444. The molecule has 6 heteroatoms. The second-order valence-corrected chi connectivity index (χ2v) is 6.66. The van der Waals surface area contributed by atoms with Crippen molar-refractivity contribution in [3.63, 3.8) is 0 Å². The molecule has 0 aromatic carbocycles. The minimum atomic E-state index is 0.0116. The van der Waals surface area contributed by atoms with Gasteiger partial charge in [-0.3, -0.25) is 19.7 Å². The largest absolute Gasteiger partial charge is 0.333 e. The van der Waals surface area contributed by atoms with Crippen molar-refractivity contribution in [1.82, 2.24) is 24.8 Å². The summed E-state index contributed by atoms with van der Waals surface area (Å²) in [5.74, 6) is 0.533. The second-order valence-electron chi connectivity index (χ2n) is 6.66. The molecule has 124 valence electrons. The molecule has 2 aromatic heterocycles. The minimum Gasteiger partial charge on any atom is -0.333 e. The minimum absolute atomic E-state index is 0.0116. The first-order valence-electron chi connectivity index (χ1n) is 8.49. The molecule has 5 rings (SSSR count). The van der Waals surface area contributed by atoms with E-state index in [9.17, 15) is 4.79 Å². The van der Waals surface area contributed by atoms with Crippen molar-refractivity contribution in [2.24, 2.45) is 5.92 Å². The van der Waals surface area contributed by atoms with Gasteiger partial charge in [0.05, 0.1) is 11.9 Å². The maximum Gasteiger partial charge on any atom is 0.274 e. The smallest absolute Gasteiger partial charge is 0.274 e. The maximum atomic E-state index is 12.8. The highest BCUT2D eigenvalue weighted by atomic mass is 16.2. The lowest BCUT2D eigenvalue weighted by molar-refractivity contribution is 0.0578. The van der Waals surface area contributed by atoms with Crippen LogP contribution in [0.25, 0.3) is 0 Å². The Balaban J connectivity index is 1.50. The molecule has 0 N–H and O–H groups in total. The maximum absolute atomic E-state index is 12.8. The SMILES string of the molecule is O=C(c1cnccn1)N1CC2CCC1CN(Cc1ccccn1)C2. The summed E-state index contributed by atoms with van der Waals surface area (Å²) < 4.78 is 0. The van der Waals surface area contributed by atoms with E-state index >= 15 is 0 Å². The number of hydrogen-bond donors (Lipinski definition) is 0. The van der Waals surface area contributed by atoms with Gasteiger partial charge < -0.3 is 4.90 Å². The molecular formula is C18H21N5O. The molecule has 0 saturated carbocycles. The molecule has 3 aliphatic rings. The lowest BCUT2D eigenvalue weighted by Crippen LogP contribution is -2.47. The van der Waals surface area contributed by atoms with Crippen LogP contribution in [0.3, 0.4) is 0 Å². The van der Waals surface area contributed by atoms with Gasteiger partial charge in [0.15, 0.2) is 0 Å². The van der Waals surface area contributed by atoms with Gasteiger partial charge in [-0.15, -0.1) is 0 Å². The fourth-order valence-electron chi connectivity index (χ4n) is 3.83. The van der Waals surface area contributed by atoms with Gasteiger partial charge in [0.1, 0.15) is 5.69 Å². The normalized spacial score (nSPS) is 23.9. The number of fused-ring (bicyclic) bond motifs is 4. The lowest BCUT2D eigenvalue weighted by Gasteiger charge is -2.36. The van der Waals surface area contributed by atoms with E-state index in [1.807, 2.05) is 23.2 Å². The van der Waals surface area contributed by atoms with Crippen molar-refractivity contribution in [3.05, 3.63) is 54.4 Å². The third kappa shape index (κ3) is 3.14. The molecule has 0 radical (unpaired) electrons. The Morgan fingerprint density at radius 2 is 2.04 bits per heavy atom. The first-order chi connectivity index (χ1) is 11.8. The Kier molecular flexibility index (Phi) is 4.21. The number of hydrogen-bond acceptors (Lipinski definition) is 5. The zero-order chi connectivity index (χ0) is 16.4. The highest BCUT2D eigenvalue weighted by Gasteiger charge is 2.37. The highest BCUT2D eigenvalue weighted by molar-refractivity contribution is 5.92. The number of pyridine rings is 1. The van der Waals surface area contributed by atoms with E-state index in [1.54, 1.807) is 18.6 Å². The van der Waals surface area contributed by atoms with Crippen molar-refractivity contribution >= 4 is 5.91 Å². The van der Waals surface area contributed by atoms with Crippen LogP contribution >= 0.6 is 0 Å². The average molecular weight is 323 g/mol. The first kappa shape index (κ1) is 15.2. The number of carbonyl (C=O) groups excluding carboxylic acids is 1. The van der Waals surface area contributed by atoms with Gasteiger partial charge in [-0.1, -0.05) is 6.07 Å². The van der Waals surface area contributed by atoms with E-state index in [0.717, 1.165) is 38.3 Å². The van der Waals surface area contributed by atoms with E-state index in [-0.39, 0.29) is 11.9 Å². The van der Waals surface area contributed by atoms with Gasteiger partial charge >= 0.3 is 0 Å².